The van der Waals surface area contributed by atoms with E-state index in [4.69, 9.17) is 6.42 Å². The Balaban J connectivity index is 1.88. The lowest BCUT2D eigenvalue weighted by molar-refractivity contribution is -0.627. The number of aryl methyl sites for hydroxylation is 2. The lowest BCUT2D eigenvalue weighted by Gasteiger charge is -2.20. The van der Waals surface area contributed by atoms with E-state index in [1.165, 1.54) is 10.2 Å². The topological polar surface area (TPSA) is 31.8 Å². The molecule has 0 fully saturated rings. The number of terminal acetylenes is 1. The van der Waals surface area contributed by atoms with Gasteiger partial charge in [0, 0.05) is 12.2 Å². The predicted octanol–water partition coefficient (Wildman–Crippen LogP) is 4.91. The van der Waals surface area contributed by atoms with Crippen LogP contribution in [0.1, 0.15) is 12.5 Å². The van der Waals surface area contributed by atoms with Crippen LogP contribution < -0.4 is 9.47 Å². The lowest BCUT2D eigenvalue weighted by atomic mass is 10.1. The van der Waals surface area contributed by atoms with Gasteiger partial charge in [-0.1, -0.05) is 18.1 Å². The minimum Gasteiger partial charge on any atom is -0.361 e. The molecular weight excluding hydrogens is 328 g/mol. The molecule has 0 saturated heterocycles. The Bertz CT molecular complexity index is 965. The number of fused-ring (bicyclic) bond motifs is 1. The van der Waals surface area contributed by atoms with Gasteiger partial charge in [0.05, 0.1) is 23.4 Å². The van der Waals surface area contributed by atoms with Gasteiger partial charge in [-0.3, -0.25) is 0 Å². The molecule has 0 unspecified atom stereocenters. The highest BCUT2D eigenvalue weighted by Gasteiger charge is 2.15. The number of nitrogens with zero attached hydrogens (tertiary/aromatic N) is 4. The van der Waals surface area contributed by atoms with Gasteiger partial charge in [0.2, 0.25) is 0 Å². The van der Waals surface area contributed by atoms with Crippen LogP contribution in [0.5, 0.6) is 0 Å². The van der Waals surface area contributed by atoms with Gasteiger partial charge in [0.25, 0.3) is 0 Å². The van der Waals surface area contributed by atoms with E-state index in [9.17, 15) is 0 Å². The second kappa shape index (κ2) is 7.45. The Hall–Kier alpha value is -2.71. The minimum atomic E-state index is 0.606. The highest BCUT2D eigenvalue weighted by Crippen LogP contribution is 2.29. The van der Waals surface area contributed by atoms with E-state index in [-0.39, 0.29) is 0 Å². The number of hydrogen-bond donors (Lipinski definition) is 0. The van der Waals surface area contributed by atoms with Gasteiger partial charge >= 0.3 is 5.13 Å². The Labute approximate surface area is 152 Å². The molecule has 0 bridgehead atoms. The first-order chi connectivity index (χ1) is 12.1. The van der Waals surface area contributed by atoms with Crippen molar-refractivity contribution in [3.8, 4) is 12.3 Å². The van der Waals surface area contributed by atoms with Crippen molar-refractivity contribution in [2.75, 3.05) is 18.0 Å². The van der Waals surface area contributed by atoms with Gasteiger partial charge in [-0.2, -0.15) is 0 Å². The molecule has 0 atom stereocenters. The van der Waals surface area contributed by atoms with Crippen molar-refractivity contribution in [2.24, 2.45) is 17.3 Å². The molecule has 0 spiro atoms. The average molecular weight is 349 g/mol. The molecule has 0 aliphatic heterocycles. The molecule has 25 heavy (non-hydrogen) atoms. The van der Waals surface area contributed by atoms with Gasteiger partial charge in [0.1, 0.15) is 11.2 Å². The number of rotatable bonds is 5. The zero-order valence-electron chi connectivity index (χ0n) is 14.7. The average Bonchev–Trinajstić information content (AvgIpc) is 2.95. The van der Waals surface area contributed by atoms with Crippen LogP contribution in [0.3, 0.4) is 0 Å². The Morgan fingerprint density at radius 1 is 1.20 bits per heavy atom. The van der Waals surface area contributed by atoms with Crippen molar-refractivity contribution in [3.63, 3.8) is 0 Å². The summed E-state index contributed by atoms with van der Waals surface area (Å²) in [5.41, 5.74) is 4.24. The molecule has 1 aromatic heterocycles. The van der Waals surface area contributed by atoms with Crippen molar-refractivity contribution in [1.29, 1.82) is 0 Å². The molecule has 4 nitrogen and oxygen atoms in total. The van der Waals surface area contributed by atoms with Crippen molar-refractivity contribution < 1.29 is 4.57 Å². The SMILES string of the molecule is C#CCN(CC)c1ccc(/N=N/c2sc3ccccc3[n+]2C)c(C)c1. The van der Waals surface area contributed by atoms with Gasteiger partial charge in [-0.25, -0.2) is 4.57 Å². The van der Waals surface area contributed by atoms with E-state index < -0.39 is 0 Å². The number of azo groups is 1. The zero-order valence-corrected chi connectivity index (χ0v) is 15.5. The molecule has 3 rings (SSSR count). The summed E-state index contributed by atoms with van der Waals surface area (Å²) in [7, 11) is 2.02. The Morgan fingerprint density at radius 3 is 2.68 bits per heavy atom. The third-order valence-corrected chi connectivity index (χ3v) is 5.27. The van der Waals surface area contributed by atoms with Crippen molar-refractivity contribution in [1.82, 2.24) is 0 Å². The van der Waals surface area contributed by atoms with Crippen LogP contribution in [-0.2, 0) is 7.05 Å². The quantitative estimate of drug-likeness (QED) is 0.366. The highest BCUT2D eigenvalue weighted by molar-refractivity contribution is 7.21. The van der Waals surface area contributed by atoms with E-state index in [1.807, 2.05) is 38.2 Å². The minimum absolute atomic E-state index is 0.606. The molecule has 0 saturated carbocycles. The van der Waals surface area contributed by atoms with Gasteiger partial charge in [-0.15, -0.1) is 6.42 Å². The molecule has 0 radical (unpaired) electrons. The monoisotopic (exact) mass is 349 g/mol. The molecule has 1 heterocycles. The third kappa shape index (κ3) is 3.54. The van der Waals surface area contributed by atoms with E-state index in [1.54, 1.807) is 11.3 Å². The smallest absolute Gasteiger partial charge is 0.361 e. The van der Waals surface area contributed by atoms with Crippen LogP contribution in [0.15, 0.2) is 52.7 Å². The fourth-order valence-electron chi connectivity index (χ4n) is 2.72. The van der Waals surface area contributed by atoms with E-state index >= 15 is 0 Å². The predicted molar refractivity (Wildman–Crippen MR) is 105 cm³/mol. The first-order valence-electron chi connectivity index (χ1n) is 8.22. The third-order valence-electron chi connectivity index (χ3n) is 4.17. The fourth-order valence-corrected chi connectivity index (χ4v) is 3.69. The zero-order chi connectivity index (χ0) is 17.8. The summed E-state index contributed by atoms with van der Waals surface area (Å²) in [6, 6.07) is 14.4. The summed E-state index contributed by atoms with van der Waals surface area (Å²) >= 11 is 1.64. The van der Waals surface area contributed by atoms with Crippen LogP contribution in [-0.4, -0.2) is 13.1 Å². The summed E-state index contributed by atoms with van der Waals surface area (Å²) in [6.45, 7) is 5.63. The number of anilines is 1. The number of benzene rings is 2. The van der Waals surface area contributed by atoms with Crippen LogP contribution in [0.4, 0.5) is 16.5 Å². The van der Waals surface area contributed by atoms with E-state index in [0.29, 0.717) is 6.54 Å². The molecule has 0 aliphatic rings. The Morgan fingerprint density at radius 2 is 2.00 bits per heavy atom. The number of thiazole rings is 1. The fraction of sp³-hybridized carbons (Fsp3) is 0.250. The van der Waals surface area contributed by atoms with Crippen molar-refractivity contribution in [2.45, 2.75) is 13.8 Å². The molecule has 5 heteroatoms. The van der Waals surface area contributed by atoms with Gasteiger partial charge in [-0.05, 0) is 66.2 Å². The number of aromatic nitrogens is 1. The standard InChI is InChI=1S/C20H21N4S/c1-5-13-24(6-2)16-11-12-17(15(3)14-16)21-22-20-23(4)18-9-7-8-10-19(18)25-20/h1,7-12,14H,6,13H2,2-4H3/q+1. The van der Waals surface area contributed by atoms with E-state index in [0.717, 1.165) is 28.6 Å². The molecule has 126 valence electrons. The maximum absolute atomic E-state index is 5.44. The van der Waals surface area contributed by atoms with Gasteiger partial charge < -0.3 is 4.90 Å². The van der Waals surface area contributed by atoms with Crippen molar-refractivity contribution in [3.05, 3.63) is 48.0 Å². The van der Waals surface area contributed by atoms with Crippen LogP contribution >= 0.6 is 11.3 Å². The van der Waals surface area contributed by atoms with E-state index in [2.05, 4.69) is 50.7 Å². The molecule has 0 aliphatic carbocycles. The summed E-state index contributed by atoms with van der Waals surface area (Å²) in [5.74, 6) is 2.70. The highest BCUT2D eigenvalue weighted by atomic mass is 32.1. The normalized spacial score (nSPS) is 11.1. The molecule has 3 aromatic rings. The van der Waals surface area contributed by atoms with Crippen LogP contribution in [0.25, 0.3) is 10.2 Å². The van der Waals surface area contributed by atoms with Gasteiger partial charge in [0.15, 0.2) is 0 Å². The second-order valence-corrected chi connectivity index (χ2v) is 6.81. The van der Waals surface area contributed by atoms with Crippen LogP contribution in [0.2, 0.25) is 0 Å². The summed E-state index contributed by atoms with van der Waals surface area (Å²) in [4.78, 5) is 2.15. The number of hydrogen-bond acceptors (Lipinski definition) is 4. The summed E-state index contributed by atoms with van der Waals surface area (Å²) in [5, 5.41) is 9.81. The molecule has 0 N–H and O–H groups in total. The maximum atomic E-state index is 5.44. The maximum Gasteiger partial charge on any atom is 0.409 e. The second-order valence-electron chi connectivity index (χ2n) is 5.80. The summed E-state index contributed by atoms with van der Waals surface area (Å²) in [6.07, 6.45) is 5.44. The largest absolute Gasteiger partial charge is 0.409 e. The van der Waals surface area contributed by atoms with Crippen LogP contribution in [0, 0.1) is 19.3 Å². The molecular formula is C20H21N4S+. The molecule has 2 aromatic carbocycles. The first-order valence-corrected chi connectivity index (χ1v) is 9.04. The lowest BCUT2D eigenvalue weighted by Crippen LogP contribution is -2.25. The first kappa shape index (κ1) is 17.1. The summed E-state index contributed by atoms with van der Waals surface area (Å²) < 4.78 is 3.28. The molecule has 0 amide bonds. The van der Waals surface area contributed by atoms with Crippen molar-refractivity contribution >= 4 is 38.1 Å². The number of para-hydroxylation sites is 1. The Kier molecular flexibility index (Phi) is 5.11.